The monoisotopic (exact) mass is 796 g/mol. The van der Waals surface area contributed by atoms with Crippen LogP contribution >= 0.6 is 23.2 Å². The highest BCUT2D eigenvalue weighted by Crippen LogP contribution is 2.53. The number of benzene rings is 2. The molecule has 0 bridgehead atoms. The molecule has 7 N–H and O–H groups in total. The third kappa shape index (κ3) is 11.0. The summed E-state index contributed by atoms with van der Waals surface area (Å²) in [6, 6.07) is 12.5. The summed E-state index contributed by atoms with van der Waals surface area (Å²) in [6.45, 7) is -1.20. The summed E-state index contributed by atoms with van der Waals surface area (Å²) in [7, 11) is -3.11. The average Bonchev–Trinajstić information content (AvgIpc) is 4.08. The smallest absolute Gasteiger partial charge is 0.331 e. The van der Waals surface area contributed by atoms with Gasteiger partial charge in [-0.3, -0.25) is 4.98 Å². The summed E-state index contributed by atoms with van der Waals surface area (Å²) in [6.07, 6.45) is 1.91. The Kier molecular flexibility index (Phi) is 14.0. The summed E-state index contributed by atoms with van der Waals surface area (Å²) >= 11 is 13.3. The molecule has 2 aromatic carbocycles. The first-order chi connectivity index (χ1) is 25.2. The second-order valence-electron chi connectivity index (χ2n) is 13.5. The largest absolute Gasteiger partial charge is 0.490 e. The zero-order valence-electron chi connectivity index (χ0n) is 29.2. The SMILES string of the molecule is CN(C[C@H](O)[C@@H](O)[C@H](O)[C@H](O)CO)C(=O)NS(=O)(=O)NCCCCc1cc(Cl)c(COC2(c3cnccc3-c3ccccc3OC3CC3)CC2)cc1Cl. The van der Waals surface area contributed by atoms with Gasteiger partial charge in [-0.15, -0.1) is 0 Å². The van der Waals surface area contributed by atoms with Gasteiger partial charge in [0, 0.05) is 47.2 Å². The number of nitrogens with zero attached hydrogens (tertiary/aromatic N) is 2. The fourth-order valence-corrected chi connectivity index (χ4v) is 7.21. The molecule has 17 heteroatoms. The summed E-state index contributed by atoms with van der Waals surface area (Å²) in [5, 5.41) is 49.0. The maximum atomic E-state index is 12.4. The molecule has 2 fully saturated rings. The third-order valence-electron chi connectivity index (χ3n) is 9.25. The van der Waals surface area contributed by atoms with E-state index < -0.39 is 59.4 Å². The van der Waals surface area contributed by atoms with E-state index in [1.807, 2.05) is 30.5 Å². The molecule has 2 amide bonds. The van der Waals surface area contributed by atoms with Gasteiger partial charge in [-0.25, -0.2) is 9.52 Å². The Morgan fingerprint density at radius 2 is 1.68 bits per heavy atom. The number of pyridine rings is 1. The molecule has 0 aliphatic heterocycles. The number of rotatable bonds is 20. The number of likely N-dealkylation sites (N-methyl/N-ethyl adjacent to an activating group) is 1. The molecule has 1 aromatic heterocycles. The Morgan fingerprint density at radius 1 is 1.00 bits per heavy atom. The Labute approximate surface area is 318 Å². The van der Waals surface area contributed by atoms with Crippen LogP contribution in [0.15, 0.2) is 54.9 Å². The van der Waals surface area contributed by atoms with Gasteiger partial charge in [0.05, 0.1) is 31.5 Å². The minimum absolute atomic E-state index is 0.00573. The summed E-state index contributed by atoms with van der Waals surface area (Å²) < 4.78 is 41.6. The van der Waals surface area contributed by atoms with E-state index in [1.54, 1.807) is 23.1 Å². The quantitative estimate of drug-likeness (QED) is 0.0827. The van der Waals surface area contributed by atoms with E-state index in [1.165, 1.54) is 0 Å². The molecule has 14 nitrogen and oxygen atoms in total. The molecule has 2 saturated carbocycles. The van der Waals surface area contributed by atoms with Gasteiger partial charge < -0.3 is 39.9 Å². The van der Waals surface area contributed by atoms with Crippen LogP contribution in [-0.2, 0) is 33.6 Å². The number of carbonyl (C=O) groups is 1. The second-order valence-corrected chi connectivity index (χ2v) is 15.8. The number of hydrogen-bond donors (Lipinski definition) is 7. The number of aromatic nitrogens is 1. The number of amides is 2. The van der Waals surface area contributed by atoms with Crippen LogP contribution < -0.4 is 14.2 Å². The van der Waals surface area contributed by atoms with Crippen molar-refractivity contribution in [3.05, 3.63) is 81.6 Å². The van der Waals surface area contributed by atoms with E-state index in [2.05, 4.69) is 15.8 Å². The van der Waals surface area contributed by atoms with Gasteiger partial charge in [0.25, 0.3) is 0 Å². The molecule has 2 aliphatic carbocycles. The Balaban J connectivity index is 1.09. The Hall–Kier alpha value is -3.09. The predicted molar refractivity (Wildman–Crippen MR) is 198 cm³/mol. The zero-order valence-corrected chi connectivity index (χ0v) is 31.5. The van der Waals surface area contributed by atoms with Gasteiger partial charge in [-0.1, -0.05) is 41.4 Å². The molecule has 5 rings (SSSR count). The van der Waals surface area contributed by atoms with Crippen LogP contribution in [0.5, 0.6) is 5.75 Å². The van der Waals surface area contributed by atoms with Gasteiger partial charge >= 0.3 is 16.2 Å². The molecule has 0 saturated heterocycles. The first kappa shape index (κ1) is 41.1. The van der Waals surface area contributed by atoms with Crippen molar-refractivity contribution in [1.82, 2.24) is 19.3 Å². The van der Waals surface area contributed by atoms with Crippen LogP contribution in [0.3, 0.4) is 0 Å². The van der Waals surface area contributed by atoms with Gasteiger partial charge in [0.1, 0.15) is 30.2 Å². The van der Waals surface area contributed by atoms with Gasteiger partial charge in [0.2, 0.25) is 0 Å². The number of unbranched alkanes of at least 4 members (excludes halogenated alkanes) is 1. The van der Waals surface area contributed by atoms with Crippen LogP contribution in [0.4, 0.5) is 4.79 Å². The highest BCUT2D eigenvalue weighted by molar-refractivity contribution is 7.88. The van der Waals surface area contributed by atoms with E-state index in [0.717, 1.165) is 71.2 Å². The highest BCUT2D eigenvalue weighted by atomic mass is 35.5. The maximum Gasteiger partial charge on any atom is 0.331 e. The highest BCUT2D eigenvalue weighted by Gasteiger charge is 2.48. The fraction of sp³-hybridized carbons (Fsp3) is 0.500. The lowest BCUT2D eigenvalue weighted by molar-refractivity contribution is -0.117. The lowest BCUT2D eigenvalue weighted by Crippen LogP contribution is -2.52. The number of nitrogens with one attached hydrogen (secondary N) is 2. The number of halogens is 2. The van der Waals surface area contributed by atoms with E-state index in [-0.39, 0.29) is 19.3 Å². The average molecular weight is 798 g/mol. The summed E-state index contributed by atoms with van der Waals surface area (Å²) in [5.41, 5.74) is 4.05. The predicted octanol–water partition coefficient (Wildman–Crippen LogP) is 3.04. The lowest BCUT2D eigenvalue weighted by Gasteiger charge is -2.28. The minimum Gasteiger partial charge on any atom is -0.490 e. The number of hydrogen-bond acceptors (Lipinski definition) is 11. The normalized spacial score (nSPS) is 17.4. The molecular formula is C36H46Cl2N4O10S. The molecule has 4 atom stereocenters. The molecule has 0 spiro atoms. The lowest BCUT2D eigenvalue weighted by atomic mass is 9.96. The number of urea groups is 1. The van der Waals surface area contributed by atoms with Crippen molar-refractivity contribution in [2.24, 2.45) is 0 Å². The van der Waals surface area contributed by atoms with Crippen molar-refractivity contribution in [2.75, 3.05) is 26.7 Å². The molecule has 0 unspecified atom stereocenters. The number of aryl methyl sites for hydroxylation is 1. The molecule has 1 heterocycles. The van der Waals surface area contributed by atoms with Crippen molar-refractivity contribution in [1.29, 1.82) is 0 Å². The molecule has 0 radical (unpaired) electrons. The number of para-hydroxylation sites is 1. The number of carbonyl (C=O) groups excluding carboxylic acids is 1. The minimum atomic E-state index is -4.27. The fourth-order valence-electron chi connectivity index (χ4n) is 5.81. The first-order valence-corrected chi connectivity index (χ1v) is 19.6. The topological polar surface area (TPSA) is 211 Å². The maximum absolute atomic E-state index is 12.4. The standard InChI is InChI=1S/C36H46Cl2N4O10S/c1-42(19-30(44)33(46)34(47)31(45)20-43)35(48)41-53(49,50)40-14-5-4-6-22-16-29(38)23(17-28(22)37)21-51-36(12-13-36)27-18-39-15-11-25(27)26-7-2-3-8-32(26)52-24-9-10-24/h2-3,7-8,11,15-18,24,30-31,33-34,40,43-47H,4-6,9-10,12-14,19-21H2,1H3,(H,41,48)/t30-,31+,33+,34+/m0/s1. The number of ether oxygens (including phenoxy) is 2. The van der Waals surface area contributed by atoms with Gasteiger partial charge in [-0.2, -0.15) is 13.1 Å². The number of aliphatic hydroxyl groups is 5. The summed E-state index contributed by atoms with van der Waals surface area (Å²) in [5.74, 6) is 0.850. The van der Waals surface area contributed by atoms with Crippen LogP contribution in [0.1, 0.15) is 55.2 Å². The first-order valence-electron chi connectivity index (χ1n) is 17.4. The summed E-state index contributed by atoms with van der Waals surface area (Å²) in [4.78, 5) is 17.5. The Bertz CT molecular complexity index is 1830. The van der Waals surface area contributed by atoms with Crippen molar-refractivity contribution >= 4 is 39.4 Å². The van der Waals surface area contributed by atoms with Crippen molar-refractivity contribution in [3.63, 3.8) is 0 Å². The molecular weight excluding hydrogens is 751 g/mol. The Morgan fingerprint density at radius 3 is 2.38 bits per heavy atom. The molecule has 2 aliphatic rings. The van der Waals surface area contributed by atoms with Crippen LogP contribution in [0.25, 0.3) is 11.1 Å². The molecule has 3 aromatic rings. The van der Waals surface area contributed by atoms with Gasteiger partial charge in [-0.05, 0) is 85.9 Å². The van der Waals surface area contributed by atoms with Crippen molar-refractivity contribution in [3.8, 4) is 16.9 Å². The van der Waals surface area contributed by atoms with E-state index in [4.69, 9.17) is 37.8 Å². The number of aliphatic hydroxyl groups excluding tert-OH is 5. The van der Waals surface area contributed by atoms with Crippen molar-refractivity contribution in [2.45, 2.75) is 87.7 Å². The van der Waals surface area contributed by atoms with E-state index in [0.29, 0.717) is 29.3 Å². The van der Waals surface area contributed by atoms with Crippen molar-refractivity contribution < 1.29 is 48.2 Å². The second kappa shape index (κ2) is 18.0. The van der Waals surface area contributed by atoms with Crippen LogP contribution in [-0.4, -0.2) is 107 Å². The zero-order chi connectivity index (χ0) is 38.3. The van der Waals surface area contributed by atoms with Crippen LogP contribution in [0, 0.1) is 0 Å². The molecule has 290 valence electrons. The third-order valence-corrected chi connectivity index (χ3v) is 11.0. The van der Waals surface area contributed by atoms with E-state index in [9.17, 15) is 33.6 Å². The van der Waals surface area contributed by atoms with Gasteiger partial charge in [0.15, 0.2) is 0 Å². The van der Waals surface area contributed by atoms with E-state index >= 15 is 0 Å². The molecule has 53 heavy (non-hydrogen) atoms. The van der Waals surface area contributed by atoms with Crippen LogP contribution in [0.2, 0.25) is 10.0 Å².